The summed E-state index contributed by atoms with van der Waals surface area (Å²) in [5.74, 6) is 1.54. The van der Waals surface area contributed by atoms with Crippen molar-refractivity contribution < 1.29 is 9.84 Å². The third kappa shape index (κ3) is 5.40. The summed E-state index contributed by atoms with van der Waals surface area (Å²) in [5.41, 5.74) is 5.63. The lowest BCUT2D eigenvalue weighted by atomic mass is 10.1. The Morgan fingerprint density at radius 2 is 1.83 bits per heavy atom. The number of benzene rings is 2. The Hall–Kier alpha value is -2.31. The van der Waals surface area contributed by atoms with Crippen LogP contribution in [0.3, 0.4) is 0 Å². The molecule has 5 nitrogen and oxygen atoms in total. The van der Waals surface area contributed by atoms with Crippen LogP contribution in [0.25, 0.3) is 11.4 Å². The van der Waals surface area contributed by atoms with Gasteiger partial charge in [0.2, 0.25) is 0 Å². The van der Waals surface area contributed by atoms with Gasteiger partial charge in [0.05, 0.1) is 0 Å². The minimum atomic E-state index is -0.583. The van der Waals surface area contributed by atoms with Crippen molar-refractivity contribution in [3.8, 4) is 17.1 Å². The maximum Gasteiger partial charge on any atom is 0.138 e. The summed E-state index contributed by atoms with van der Waals surface area (Å²) in [6.07, 6.45) is -0.583. The molecule has 0 aliphatic heterocycles. The van der Waals surface area contributed by atoms with Crippen molar-refractivity contribution in [1.82, 2.24) is 9.97 Å². The van der Waals surface area contributed by atoms with Gasteiger partial charge < -0.3 is 19.7 Å². The molecule has 0 unspecified atom stereocenters. The number of aromatic nitrogens is 2. The van der Waals surface area contributed by atoms with E-state index in [2.05, 4.69) is 69.8 Å². The third-order valence-corrected chi connectivity index (χ3v) is 5.84. The number of aryl methyl sites for hydroxylation is 3. The number of rotatable bonds is 8. The zero-order valence-corrected chi connectivity index (χ0v) is 19.0. The van der Waals surface area contributed by atoms with Crippen molar-refractivity contribution in [3.63, 3.8) is 0 Å². The highest BCUT2D eigenvalue weighted by Gasteiger charge is 2.13. The molecule has 2 aromatic carbocycles. The zero-order chi connectivity index (χ0) is 21.0. The van der Waals surface area contributed by atoms with E-state index < -0.39 is 6.10 Å². The number of H-pyrrole nitrogens is 1. The molecule has 0 saturated heterocycles. The van der Waals surface area contributed by atoms with Gasteiger partial charge in [-0.05, 0) is 91.1 Å². The first-order valence-corrected chi connectivity index (χ1v) is 10.6. The second kappa shape index (κ2) is 9.46. The molecule has 1 heterocycles. The van der Waals surface area contributed by atoms with Crippen LogP contribution in [0, 0.1) is 20.8 Å². The number of nitrogens with one attached hydrogen (secondary N) is 1. The number of ether oxygens (including phenoxy) is 1. The lowest BCUT2D eigenvalue weighted by molar-refractivity contribution is 0.112. The second-order valence-electron chi connectivity index (χ2n) is 7.30. The van der Waals surface area contributed by atoms with Gasteiger partial charge in [0, 0.05) is 30.0 Å². The third-order valence-electron chi connectivity index (χ3n) is 5.06. The van der Waals surface area contributed by atoms with Gasteiger partial charge in [0.15, 0.2) is 0 Å². The molecule has 0 aliphatic rings. The fourth-order valence-electron chi connectivity index (χ4n) is 3.12. The Morgan fingerprint density at radius 1 is 1.10 bits per heavy atom. The van der Waals surface area contributed by atoms with Gasteiger partial charge in [-0.3, -0.25) is 0 Å². The molecule has 154 valence electrons. The molecular formula is C23H28BrN3O2. The molecule has 3 rings (SSSR count). The normalized spacial score (nSPS) is 12.1. The fraction of sp³-hybridized carbons (Fsp3) is 0.348. The molecule has 0 bridgehead atoms. The van der Waals surface area contributed by atoms with Crippen LogP contribution in [0.2, 0.25) is 0 Å². The molecule has 0 saturated carbocycles. The van der Waals surface area contributed by atoms with Crippen LogP contribution in [-0.2, 0) is 0 Å². The van der Waals surface area contributed by atoms with E-state index in [1.807, 2.05) is 31.2 Å². The molecular weight excluding hydrogens is 430 g/mol. The number of anilines is 1. The predicted octanol–water partition coefficient (Wildman–Crippen LogP) is 5.03. The van der Waals surface area contributed by atoms with E-state index in [9.17, 15) is 5.11 Å². The fourth-order valence-corrected chi connectivity index (χ4v) is 3.40. The molecule has 0 aliphatic carbocycles. The van der Waals surface area contributed by atoms with E-state index in [-0.39, 0.29) is 6.61 Å². The van der Waals surface area contributed by atoms with Crippen molar-refractivity contribution in [2.24, 2.45) is 0 Å². The summed E-state index contributed by atoms with van der Waals surface area (Å²) in [7, 11) is 0. The summed E-state index contributed by atoms with van der Waals surface area (Å²) in [4.78, 5) is 9.85. The number of hydrogen-bond acceptors (Lipinski definition) is 4. The van der Waals surface area contributed by atoms with Gasteiger partial charge in [-0.1, -0.05) is 6.07 Å². The number of aliphatic hydroxyl groups excluding tert-OH is 1. The van der Waals surface area contributed by atoms with Crippen molar-refractivity contribution in [2.45, 2.75) is 33.8 Å². The lowest BCUT2D eigenvalue weighted by Gasteiger charge is -2.26. The van der Waals surface area contributed by atoms with E-state index in [0.717, 1.165) is 39.7 Å². The summed E-state index contributed by atoms with van der Waals surface area (Å²) < 4.78 is 6.61. The number of aromatic amines is 1. The van der Waals surface area contributed by atoms with Crippen molar-refractivity contribution >= 4 is 21.6 Å². The molecule has 0 spiro atoms. The average Bonchev–Trinajstić information content (AvgIpc) is 3.05. The topological polar surface area (TPSA) is 61.4 Å². The highest BCUT2D eigenvalue weighted by Crippen LogP contribution is 2.24. The number of likely N-dealkylation sites (N-methyl/N-ethyl adjacent to an activating group) is 1. The molecule has 0 amide bonds. The first-order valence-electron chi connectivity index (χ1n) is 9.83. The van der Waals surface area contributed by atoms with Gasteiger partial charge in [-0.15, -0.1) is 0 Å². The van der Waals surface area contributed by atoms with Crippen molar-refractivity contribution in [3.05, 3.63) is 63.9 Å². The van der Waals surface area contributed by atoms with Crippen LogP contribution < -0.4 is 9.64 Å². The number of hydrogen-bond donors (Lipinski definition) is 2. The van der Waals surface area contributed by atoms with E-state index in [0.29, 0.717) is 6.54 Å². The lowest BCUT2D eigenvalue weighted by Crippen LogP contribution is -2.35. The van der Waals surface area contributed by atoms with E-state index in [1.54, 1.807) is 0 Å². The summed E-state index contributed by atoms with van der Waals surface area (Å²) in [5, 5.41) is 10.5. The van der Waals surface area contributed by atoms with Crippen LogP contribution >= 0.6 is 15.9 Å². The van der Waals surface area contributed by atoms with Crippen LogP contribution in [-0.4, -0.2) is 40.9 Å². The van der Waals surface area contributed by atoms with E-state index in [4.69, 9.17) is 4.74 Å². The second-order valence-corrected chi connectivity index (χ2v) is 8.05. The van der Waals surface area contributed by atoms with Crippen molar-refractivity contribution in [2.75, 3.05) is 24.6 Å². The Morgan fingerprint density at radius 3 is 2.41 bits per heavy atom. The van der Waals surface area contributed by atoms with Crippen LogP contribution in [0.15, 0.2) is 47.1 Å². The van der Waals surface area contributed by atoms with Gasteiger partial charge in [0.1, 0.15) is 28.9 Å². The molecule has 3 aromatic rings. The molecule has 0 radical (unpaired) electrons. The molecule has 1 atom stereocenters. The molecule has 0 fully saturated rings. The molecule has 6 heteroatoms. The van der Waals surface area contributed by atoms with Gasteiger partial charge in [0.25, 0.3) is 0 Å². The maximum absolute atomic E-state index is 10.5. The van der Waals surface area contributed by atoms with Crippen molar-refractivity contribution in [1.29, 1.82) is 0 Å². The van der Waals surface area contributed by atoms with E-state index >= 15 is 0 Å². The van der Waals surface area contributed by atoms with Gasteiger partial charge in [-0.2, -0.15) is 0 Å². The largest absolute Gasteiger partial charge is 0.491 e. The number of aliphatic hydroxyl groups is 1. The van der Waals surface area contributed by atoms with Crippen LogP contribution in [0.1, 0.15) is 23.7 Å². The monoisotopic (exact) mass is 457 g/mol. The SMILES string of the molecule is CCN(C[C@H](O)COc1ccc(-c2nc(Br)c(C)[nH]2)cc1)c1ccc(C)c(C)c1. The highest BCUT2D eigenvalue weighted by atomic mass is 79.9. The average molecular weight is 458 g/mol. The summed E-state index contributed by atoms with van der Waals surface area (Å²) >= 11 is 3.42. The maximum atomic E-state index is 10.5. The number of halogens is 1. The van der Waals surface area contributed by atoms with Crippen LogP contribution in [0.4, 0.5) is 5.69 Å². The first kappa shape index (κ1) is 21.4. The Kier molecular flexibility index (Phi) is 6.98. The standard InChI is InChI=1S/C23H28BrN3O2/c1-5-27(19-9-6-15(2)16(3)12-19)13-20(28)14-29-21-10-7-18(8-11-21)23-25-17(4)22(24)26-23/h6-12,20,28H,5,13-14H2,1-4H3,(H,25,26)/t20-/m0/s1. The smallest absolute Gasteiger partial charge is 0.138 e. The van der Waals surface area contributed by atoms with Crippen LogP contribution in [0.5, 0.6) is 5.75 Å². The van der Waals surface area contributed by atoms with Gasteiger partial charge in [-0.25, -0.2) is 4.98 Å². The predicted molar refractivity (Wildman–Crippen MR) is 122 cm³/mol. The number of nitrogens with zero attached hydrogens (tertiary/aromatic N) is 2. The Labute approximate surface area is 180 Å². The summed E-state index contributed by atoms with van der Waals surface area (Å²) in [6.45, 7) is 9.87. The minimum absolute atomic E-state index is 0.242. The number of imidazole rings is 1. The molecule has 1 aromatic heterocycles. The molecule has 2 N–H and O–H groups in total. The minimum Gasteiger partial charge on any atom is -0.491 e. The van der Waals surface area contributed by atoms with E-state index in [1.165, 1.54) is 11.1 Å². The molecule has 29 heavy (non-hydrogen) atoms. The summed E-state index contributed by atoms with van der Waals surface area (Å²) in [6, 6.07) is 14.1. The Bertz CT molecular complexity index is 934. The van der Waals surface area contributed by atoms with Gasteiger partial charge >= 0.3 is 0 Å². The highest BCUT2D eigenvalue weighted by molar-refractivity contribution is 9.10. The zero-order valence-electron chi connectivity index (χ0n) is 17.4. The quantitative estimate of drug-likeness (QED) is 0.497. The first-order chi connectivity index (χ1) is 13.9. The Balaban J connectivity index is 1.56.